The summed E-state index contributed by atoms with van der Waals surface area (Å²) in [6, 6.07) is 14.1. The largest absolute Gasteiger partial charge is 0.299 e. The van der Waals surface area contributed by atoms with Crippen molar-refractivity contribution in [2.75, 3.05) is 0 Å². The maximum Gasteiger partial charge on any atom is 0.299 e. The molecule has 0 N–H and O–H groups in total. The molecule has 0 unspecified atom stereocenters. The Labute approximate surface area is 133 Å². The van der Waals surface area contributed by atoms with Crippen molar-refractivity contribution in [1.29, 1.82) is 0 Å². The zero-order valence-electron chi connectivity index (χ0n) is 12.8. The van der Waals surface area contributed by atoms with E-state index in [1.165, 1.54) is 5.01 Å². The van der Waals surface area contributed by atoms with Crippen LogP contribution in [0.15, 0.2) is 63.2 Å². The van der Waals surface area contributed by atoms with Gasteiger partial charge in [-0.3, -0.25) is 4.79 Å². The van der Waals surface area contributed by atoms with Crippen molar-refractivity contribution >= 4 is 40.1 Å². The molecule has 5 nitrogen and oxygen atoms in total. The van der Waals surface area contributed by atoms with Gasteiger partial charge >= 0.3 is 0 Å². The van der Waals surface area contributed by atoms with Crippen LogP contribution < -0.4 is 0 Å². The van der Waals surface area contributed by atoms with E-state index in [2.05, 4.69) is 15.1 Å². The highest BCUT2D eigenvalue weighted by atomic mass is 16.2. The quantitative estimate of drug-likeness (QED) is 0.759. The first-order valence-corrected chi connectivity index (χ1v) is 7.37. The Kier molecular flexibility index (Phi) is 2.94. The van der Waals surface area contributed by atoms with Gasteiger partial charge in [-0.1, -0.05) is 42.5 Å². The Balaban J connectivity index is 1.85. The van der Waals surface area contributed by atoms with E-state index in [1.54, 1.807) is 0 Å². The number of hydrogen-bond acceptors (Lipinski definition) is 4. The van der Waals surface area contributed by atoms with Gasteiger partial charge in [0.05, 0.1) is 11.4 Å². The van der Waals surface area contributed by atoms with Crippen LogP contribution in [-0.2, 0) is 4.79 Å². The third-order valence-electron chi connectivity index (χ3n) is 4.00. The highest BCUT2D eigenvalue weighted by Crippen LogP contribution is 2.26. The standard InChI is InChI=1S/C18H14N4O/c1-11-12(2)21-22-16(17(23)20-18(22)19-11)10-14-8-5-7-13-6-3-4-9-15(13)14/h3-10H,1-2H3. The molecule has 0 spiro atoms. The summed E-state index contributed by atoms with van der Waals surface area (Å²) in [4.78, 5) is 20.6. The van der Waals surface area contributed by atoms with Gasteiger partial charge in [0.15, 0.2) is 0 Å². The maximum atomic E-state index is 12.3. The van der Waals surface area contributed by atoms with Gasteiger partial charge in [-0.05, 0) is 36.3 Å². The Hall–Kier alpha value is -3.08. The number of rotatable bonds is 1. The first-order chi connectivity index (χ1) is 11.1. The summed E-state index contributed by atoms with van der Waals surface area (Å²) in [5, 5.41) is 8.16. The number of hydrogen-bond donors (Lipinski definition) is 0. The van der Waals surface area contributed by atoms with E-state index in [0.29, 0.717) is 11.7 Å². The number of guanidine groups is 1. The molecule has 0 atom stereocenters. The molecule has 2 aromatic rings. The predicted molar refractivity (Wildman–Crippen MR) is 92.4 cm³/mol. The second-order valence-corrected chi connectivity index (χ2v) is 5.51. The van der Waals surface area contributed by atoms with Gasteiger partial charge in [-0.15, -0.1) is 0 Å². The lowest BCUT2D eigenvalue weighted by molar-refractivity contribution is -0.114. The van der Waals surface area contributed by atoms with Gasteiger partial charge in [0.2, 0.25) is 0 Å². The normalized spacial score (nSPS) is 18.9. The van der Waals surface area contributed by atoms with Gasteiger partial charge in [0, 0.05) is 0 Å². The van der Waals surface area contributed by atoms with Crippen LogP contribution in [-0.4, -0.2) is 28.3 Å². The molecule has 2 heterocycles. The maximum absolute atomic E-state index is 12.3. The molecule has 0 radical (unpaired) electrons. The fourth-order valence-corrected chi connectivity index (χ4v) is 2.66. The number of nitrogens with zero attached hydrogens (tertiary/aromatic N) is 4. The fraction of sp³-hybridized carbons (Fsp3) is 0.111. The van der Waals surface area contributed by atoms with Crippen molar-refractivity contribution < 1.29 is 4.79 Å². The van der Waals surface area contributed by atoms with E-state index < -0.39 is 0 Å². The molecule has 0 saturated heterocycles. The second-order valence-electron chi connectivity index (χ2n) is 5.51. The fourth-order valence-electron chi connectivity index (χ4n) is 2.66. The summed E-state index contributed by atoms with van der Waals surface area (Å²) in [5.74, 6) is 0.0209. The van der Waals surface area contributed by atoms with Gasteiger partial charge < -0.3 is 0 Å². The zero-order valence-corrected chi connectivity index (χ0v) is 12.8. The van der Waals surface area contributed by atoms with E-state index in [1.807, 2.05) is 62.4 Å². The monoisotopic (exact) mass is 302 g/mol. The lowest BCUT2D eigenvalue weighted by Crippen LogP contribution is -2.28. The number of carbonyl (C=O) groups excluding carboxylic acids is 1. The van der Waals surface area contributed by atoms with Crippen molar-refractivity contribution in [3.05, 3.63) is 53.7 Å². The summed E-state index contributed by atoms with van der Waals surface area (Å²) in [5.41, 5.74) is 2.94. The summed E-state index contributed by atoms with van der Waals surface area (Å²) in [6.45, 7) is 3.73. The Morgan fingerprint density at radius 2 is 1.74 bits per heavy atom. The molecule has 0 fully saturated rings. The average Bonchev–Trinajstić information content (AvgIpc) is 2.84. The minimum absolute atomic E-state index is 0.317. The van der Waals surface area contributed by atoms with Gasteiger partial charge in [0.1, 0.15) is 5.70 Å². The molecule has 0 aromatic heterocycles. The lowest BCUT2D eigenvalue weighted by Gasteiger charge is -2.18. The second kappa shape index (κ2) is 4.98. The zero-order chi connectivity index (χ0) is 16.0. The van der Waals surface area contributed by atoms with E-state index in [9.17, 15) is 4.79 Å². The summed E-state index contributed by atoms with van der Waals surface area (Å²) >= 11 is 0. The van der Waals surface area contributed by atoms with Gasteiger partial charge in [0.25, 0.3) is 11.9 Å². The molecule has 0 saturated carbocycles. The van der Waals surface area contributed by atoms with Gasteiger partial charge in [-0.25, -0.2) is 4.99 Å². The molecule has 112 valence electrons. The highest BCUT2D eigenvalue weighted by molar-refractivity contribution is 6.43. The number of hydrazone groups is 1. The van der Waals surface area contributed by atoms with Crippen LogP contribution in [0.4, 0.5) is 0 Å². The van der Waals surface area contributed by atoms with Crippen molar-refractivity contribution in [3.63, 3.8) is 0 Å². The molecular weight excluding hydrogens is 288 g/mol. The molecule has 0 bridgehead atoms. The summed E-state index contributed by atoms with van der Waals surface area (Å²) < 4.78 is 0. The van der Waals surface area contributed by atoms with E-state index in [-0.39, 0.29) is 5.91 Å². The molecule has 2 aliphatic rings. The third-order valence-corrected chi connectivity index (χ3v) is 4.00. The van der Waals surface area contributed by atoms with Crippen LogP contribution in [0.2, 0.25) is 0 Å². The van der Waals surface area contributed by atoms with E-state index in [4.69, 9.17) is 0 Å². The summed E-state index contributed by atoms with van der Waals surface area (Å²) in [7, 11) is 0. The minimum atomic E-state index is -0.317. The molecule has 1 amide bonds. The lowest BCUT2D eigenvalue weighted by atomic mass is 10.0. The van der Waals surface area contributed by atoms with Crippen LogP contribution in [0.5, 0.6) is 0 Å². The first-order valence-electron chi connectivity index (χ1n) is 7.37. The smallest absolute Gasteiger partial charge is 0.265 e. The number of fused-ring (bicyclic) bond motifs is 2. The van der Waals surface area contributed by atoms with Crippen molar-refractivity contribution in [2.24, 2.45) is 15.1 Å². The number of aliphatic imine (C=N–C) groups is 2. The predicted octanol–water partition coefficient (Wildman–Crippen LogP) is 3.23. The molecule has 2 aromatic carbocycles. The van der Waals surface area contributed by atoms with Crippen molar-refractivity contribution in [3.8, 4) is 0 Å². The van der Waals surface area contributed by atoms with Crippen LogP contribution in [0.25, 0.3) is 16.8 Å². The minimum Gasteiger partial charge on any atom is -0.265 e. The van der Waals surface area contributed by atoms with Crippen LogP contribution in [0, 0.1) is 0 Å². The Morgan fingerprint density at radius 3 is 2.61 bits per heavy atom. The van der Waals surface area contributed by atoms with Crippen LogP contribution in [0.1, 0.15) is 19.4 Å². The van der Waals surface area contributed by atoms with Crippen molar-refractivity contribution in [2.45, 2.75) is 13.8 Å². The average molecular weight is 302 g/mol. The van der Waals surface area contributed by atoms with Crippen molar-refractivity contribution in [1.82, 2.24) is 5.01 Å². The molecule has 23 heavy (non-hydrogen) atoms. The summed E-state index contributed by atoms with van der Waals surface area (Å²) in [6.07, 6.45) is 1.83. The third kappa shape index (κ3) is 2.17. The SMILES string of the molecule is CC1=NC2=NC(=O)C(=Cc3cccc4ccccc34)N2N=C1C. The molecular formula is C18H14N4O. The Bertz CT molecular complexity index is 961. The van der Waals surface area contributed by atoms with E-state index in [0.717, 1.165) is 27.8 Å². The molecule has 5 heteroatoms. The van der Waals surface area contributed by atoms with Crippen LogP contribution >= 0.6 is 0 Å². The topological polar surface area (TPSA) is 57.4 Å². The highest BCUT2D eigenvalue weighted by Gasteiger charge is 2.32. The number of amides is 1. The number of benzene rings is 2. The van der Waals surface area contributed by atoms with E-state index >= 15 is 0 Å². The molecule has 0 aliphatic carbocycles. The van der Waals surface area contributed by atoms with Crippen LogP contribution in [0.3, 0.4) is 0 Å². The molecule has 2 aliphatic heterocycles. The Morgan fingerprint density at radius 1 is 0.957 bits per heavy atom. The molecule has 4 rings (SSSR count). The van der Waals surface area contributed by atoms with Gasteiger partial charge in [-0.2, -0.15) is 15.1 Å². The first kappa shape index (κ1) is 13.6. The number of carbonyl (C=O) groups is 1.